The molecule has 3 heteroatoms. The molecular formula is C16H23FN2. The first-order valence-electron chi connectivity index (χ1n) is 7.44. The van der Waals surface area contributed by atoms with E-state index in [1.807, 2.05) is 6.07 Å². The molecule has 0 aromatic heterocycles. The van der Waals surface area contributed by atoms with E-state index in [-0.39, 0.29) is 5.82 Å². The highest BCUT2D eigenvalue weighted by molar-refractivity contribution is 5.27. The van der Waals surface area contributed by atoms with Gasteiger partial charge in [0.15, 0.2) is 0 Å². The lowest BCUT2D eigenvalue weighted by Gasteiger charge is -2.23. The minimum absolute atomic E-state index is 0.180. The molecule has 0 unspecified atom stereocenters. The fourth-order valence-corrected chi connectivity index (χ4v) is 2.71. The molecule has 0 radical (unpaired) electrons. The van der Waals surface area contributed by atoms with Crippen LogP contribution in [-0.2, 0) is 13.1 Å². The summed E-state index contributed by atoms with van der Waals surface area (Å²) >= 11 is 0. The van der Waals surface area contributed by atoms with Crippen LogP contribution in [-0.4, -0.2) is 18.0 Å². The topological polar surface area (TPSA) is 29.3 Å². The van der Waals surface area contributed by atoms with E-state index in [0.717, 1.165) is 23.9 Å². The highest BCUT2D eigenvalue weighted by atomic mass is 19.1. The Morgan fingerprint density at radius 1 is 1.05 bits per heavy atom. The average molecular weight is 262 g/mol. The molecule has 0 heterocycles. The molecule has 0 bridgehead atoms. The largest absolute Gasteiger partial charge is 0.326 e. The van der Waals surface area contributed by atoms with Crippen molar-refractivity contribution in [3.8, 4) is 0 Å². The molecule has 0 saturated heterocycles. The Morgan fingerprint density at radius 3 is 2.21 bits per heavy atom. The monoisotopic (exact) mass is 262 g/mol. The third-order valence-corrected chi connectivity index (χ3v) is 4.21. The predicted molar refractivity (Wildman–Crippen MR) is 75.0 cm³/mol. The number of rotatable bonds is 7. The molecule has 0 atom stereocenters. The lowest BCUT2D eigenvalue weighted by atomic mass is 10.1. The molecule has 2 N–H and O–H groups in total. The molecule has 0 amide bonds. The van der Waals surface area contributed by atoms with Crippen molar-refractivity contribution >= 4 is 0 Å². The summed E-state index contributed by atoms with van der Waals surface area (Å²) < 4.78 is 13.2. The molecule has 2 aliphatic carbocycles. The number of nitrogens with zero attached hydrogens (tertiary/aromatic N) is 1. The van der Waals surface area contributed by atoms with E-state index in [0.29, 0.717) is 6.54 Å². The fraction of sp³-hybridized carbons (Fsp3) is 0.625. The number of halogens is 1. The van der Waals surface area contributed by atoms with Crippen LogP contribution in [0.2, 0.25) is 0 Å². The standard InChI is InChI=1S/C16H23FN2/c17-16-6-5-14(15(7-16)8-18)11-19(9-12-1-2-12)10-13-3-4-13/h5-7,12-13H,1-4,8-11,18H2. The van der Waals surface area contributed by atoms with Gasteiger partial charge in [0, 0.05) is 26.2 Å². The first-order valence-corrected chi connectivity index (χ1v) is 7.44. The molecule has 1 aromatic carbocycles. The molecule has 2 saturated carbocycles. The average Bonchev–Trinajstić information content (AvgIpc) is 3.27. The van der Waals surface area contributed by atoms with Crippen molar-refractivity contribution in [3.63, 3.8) is 0 Å². The van der Waals surface area contributed by atoms with Crippen molar-refractivity contribution in [1.82, 2.24) is 4.90 Å². The fourth-order valence-electron chi connectivity index (χ4n) is 2.71. The second-order valence-corrected chi connectivity index (χ2v) is 6.20. The Kier molecular flexibility index (Phi) is 3.85. The zero-order valence-electron chi connectivity index (χ0n) is 11.4. The summed E-state index contributed by atoms with van der Waals surface area (Å²) in [6, 6.07) is 5.05. The second-order valence-electron chi connectivity index (χ2n) is 6.20. The summed E-state index contributed by atoms with van der Waals surface area (Å²) in [6.07, 6.45) is 5.53. The minimum atomic E-state index is -0.180. The molecule has 2 nitrogen and oxygen atoms in total. The van der Waals surface area contributed by atoms with Gasteiger partial charge in [-0.05, 0) is 60.8 Å². The first kappa shape index (κ1) is 13.1. The highest BCUT2D eigenvalue weighted by Gasteiger charge is 2.29. The van der Waals surface area contributed by atoms with Gasteiger partial charge >= 0.3 is 0 Å². The van der Waals surface area contributed by atoms with Crippen LogP contribution in [0.5, 0.6) is 0 Å². The molecule has 2 fully saturated rings. The Bertz CT molecular complexity index is 424. The van der Waals surface area contributed by atoms with Crippen molar-refractivity contribution in [2.24, 2.45) is 17.6 Å². The number of hydrogen-bond acceptors (Lipinski definition) is 2. The van der Waals surface area contributed by atoms with Crippen molar-refractivity contribution < 1.29 is 4.39 Å². The van der Waals surface area contributed by atoms with Crippen molar-refractivity contribution in [1.29, 1.82) is 0 Å². The zero-order chi connectivity index (χ0) is 13.2. The predicted octanol–water partition coefficient (Wildman–Crippen LogP) is 2.91. The van der Waals surface area contributed by atoms with E-state index in [9.17, 15) is 4.39 Å². The van der Waals surface area contributed by atoms with Gasteiger partial charge in [-0.25, -0.2) is 4.39 Å². The second kappa shape index (κ2) is 5.59. The molecular weight excluding hydrogens is 239 g/mol. The smallest absolute Gasteiger partial charge is 0.123 e. The van der Waals surface area contributed by atoms with E-state index in [1.165, 1.54) is 44.3 Å². The highest BCUT2D eigenvalue weighted by Crippen LogP contribution is 2.34. The summed E-state index contributed by atoms with van der Waals surface area (Å²) in [5.41, 5.74) is 7.89. The van der Waals surface area contributed by atoms with Crippen LogP contribution in [0.4, 0.5) is 4.39 Å². The minimum Gasteiger partial charge on any atom is -0.326 e. The zero-order valence-corrected chi connectivity index (χ0v) is 11.4. The maximum Gasteiger partial charge on any atom is 0.123 e. The van der Waals surface area contributed by atoms with Gasteiger partial charge in [0.05, 0.1) is 0 Å². The van der Waals surface area contributed by atoms with E-state index in [4.69, 9.17) is 5.73 Å². The van der Waals surface area contributed by atoms with Gasteiger partial charge < -0.3 is 5.73 Å². The van der Waals surface area contributed by atoms with E-state index in [1.54, 1.807) is 12.1 Å². The van der Waals surface area contributed by atoms with Gasteiger partial charge in [-0.15, -0.1) is 0 Å². The van der Waals surface area contributed by atoms with Crippen LogP contribution in [0, 0.1) is 17.7 Å². The van der Waals surface area contributed by atoms with Gasteiger partial charge in [-0.3, -0.25) is 4.90 Å². The van der Waals surface area contributed by atoms with Crippen molar-refractivity contribution in [3.05, 3.63) is 35.1 Å². The van der Waals surface area contributed by atoms with Crippen molar-refractivity contribution in [2.45, 2.75) is 38.8 Å². The Balaban J connectivity index is 1.68. The third kappa shape index (κ3) is 3.77. The van der Waals surface area contributed by atoms with Crippen LogP contribution in [0.25, 0.3) is 0 Å². The summed E-state index contributed by atoms with van der Waals surface area (Å²) in [7, 11) is 0. The molecule has 0 spiro atoms. The maximum atomic E-state index is 13.2. The SMILES string of the molecule is NCc1cc(F)ccc1CN(CC1CC1)CC1CC1. The Hall–Kier alpha value is -0.930. The van der Waals surface area contributed by atoms with Crippen LogP contribution in [0.15, 0.2) is 18.2 Å². The normalized spacial score (nSPS) is 19.1. The molecule has 1 aromatic rings. The lowest BCUT2D eigenvalue weighted by molar-refractivity contribution is 0.243. The van der Waals surface area contributed by atoms with E-state index < -0.39 is 0 Å². The number of nitrogens with two attached hydrogens (primary N) is 1. The Morgan fingerprint density at radius 2 is 1.68 bits per heavy atom. The van der Waals surface area contributed by atoms with E-state index >= 15 is 0 Å². The lowest BCUT2D eigenvalue weighted by Crippen LogP contribution is -2.28. The summed E-state index contributed by atoms with van der Waals surface area (Å²) in [6.45, 7) is 3.77. The van der Waals surface area contributed by atoms with Crippen LogP contribution in [0.3, 0.4) is 0 Å². The quantitative estimate of drug-likeness (QED) is 0.818. The summed E-state index contributed by atoms with van der Waals surface area (Å²) in [5.74, 6) is 1.63. The van der Waals surface area contributed by atoms with Crippen LogP contribution in [0.1, 0.15) is 36.8 Å². The third-order valence-electron chi connectivity index (χ3n) is 4.21. The van der Waals surface area contributed by atoms with Gasteiger partial charge in [0.1, 0.15) is 5.82 Å². The number of benzene rings is 1. The van der Waals surface area contributed by atoms with Gasteiger partial charge in [-0.1, -0.05) is 6.07 Å². The molecule has 104 valence electrons. The maximum absolute atomic E-state index is 13.2. The summed E-state index contributed by atoms with van der Waals surface area (Å²) in [4.78, 5) is 2.56. The first-order chi connectivity index (χ1) is 9.24. The Labute approximate surface area is 114 Å². The molecule has 3 rings (SSSR count). The van der Waals surface area contributed by atoms with Crippen LogP contribution < -0.4 is 5.73 Å². The van der Waals surface area contributed by atoms with Gasteiger partial charge in [0.2, 0.25) is 0 Å². The molecule has 0 aliphatic heterocycles. The number of hydrogen-bond donors (Lipinski definition) is 1. The van der Waals surface area contributed by atoms with Gasteiger partial charge in [-0.2, -0.15) is 0 Å². The van der Waals surface area contributed by atoms with Crippen molar-refractivity contribution in [2.75, 3.05) is 13.1 Å². The van der Waals surface area contributed by atoms with E-state index in [2.05, 4.69) is 4.90 Å². The summed E-state index contributed by atoms with van der Waals surface area (Å²) in [5, 5.41) is 0. The van der Waals surface area contributed by atoms with Gasteiger partial charge in [0.25, 0.3) is 0 Å². The van der Waals surface area contributed by atoms with Crippen LogP contribution >= 0.6 is 0 Å². The molecule has 2 aliphatic rings. The molecule has 19 heavy (non-hydrogen) atoms.